The molecule has 0 saturated carbocycles. The largest absolute Gasteiger partial charge is 0.356 e. The van der Waals surface area contributed by atoms with Crippen LogP contribution in [0.15, 0.2) is 4.99 Å². The van der Waals surface area contributed by atoms with E-state index >= 15 is 0 Å². The molecule has 0 aliphatic heterocycles. The first-order valence-corrected chi connectivity index (χ1v) is 7.00. The molecule has 22 heavy (non-hydrogen) atoms. The topological polar surface area (TPSA) is 74.6 Å². The van der Waals surface area contributed by atoms with Crippen LogP contribution < -0.4 is 10.6 Å². The minimum absolute atomic E-state index is 0. The minimum atomic E-state index is 0. The highest BCUT2D eigenvalue weighted by molar-refractivity contribution is 14.0. The fourth-order valence-corrected chi connectivity index (χ4v) is 1.98. The first-order chi connectivity index (χ1) is 9.86. The second-order valence-electron chi connectivity index (χ2n) is 5.16. The van der Waals surface area contributed by atoms with E-state index < -0.39 is 0 Å². The number of aryl methyl sites for hydroxylation is 2. The number of hydrogen-bond acceptors (Lipinski definition) is 3. The molecular formula is C14H27IN6O. The highest BCUT2D eigenvalue weighted by Crippen LogP contribution is 2.10. The van der Waals surface area contributed by atoms with Gasteiger partial charge in [0.25, 0.3) is 0 Å². The maximum atomic E-state index is 11.5. The smallest absolute Gasteiger partial charge is 0.223 e. The molecule has 1 rings (SSSR count). The van der Waals surface area contributed by atoms with E-state index in [9.17, 15) is 4.79 Å². The number of aliphatic imine (C=N–C) groups is 1. The van der Waals surface area contributed by atoms with Gasteiger partial charge in [0.05, 0.1) is 5.69 Å². The highest BCUT2D eigenvalue weighted by atomic mass is 127. The zero-order chi connectivity index (χ0) is 16.0. The summed E-state index contributed by atoms with van der Waals surface area (Å²) in [6.07, 6.45) is 0.443. The Balaban J connectivity index is 0.00000441. The summed E-state index contributed by atoms with van der Waals surface area (Å²) in [6, 6.07) is 0. The lowest BCUT2D eigenvalue weighted by molar-refractivity contribution is -0.128. The van der Waals surface area contributed by atoms with E-state index in [-0.39, 0.29) is 29.9 Å². The van der Waals surface area contributed by atoms with E-state index in [1.165, 1.54) is 5.56 Å². The molecule has 1 aromatic rings. The van der Waals surface area contributed by atoms with Crippen LogP contribution in [0.2, 0.25) is 0 Å². The number of halogens is 1. The molecule has 0 unspecified atom stereocenters. The lowest BCUT2D eigenvalue weighted by atomic mass is 10.2. The van der Waals surface area contributed by atoms with Crippen LogP contribution in [0.5, 0.6) is 0 Å². The minimum Gasteiger partial charge on any atom is -0.356 e. The number of carbonyl (C=O) groups excluding carboxylic acids is 1. The van der Waals surface area contributed by atoms with Crippen molar-refractivity contribution in [2.45, 2.75) is 26.8 Å². The molecule has 8 heteroatoms. The van der Waals surface area contributed by atoms with Gasteiger partial charge in [-0.1, -0.05) is 0 Å². The normalized spacial score (nSPS) is 10.9. The van der Waals surface area contributed by atoms with E-state index in [0.717, 1.165) is 11.4 Å². The Bertz CT molecular complexity index is 524. The molecule has 0 radical (unpaired) electrons. The second-order valence-corrected chi connectivity index (χ2v) is 5.16. The number of nitrogens with one attached hydrogen (secondary N) is 2. The summed E-state index contributed by atoms with van der Waals surface area (Å²) in [4.78, 5) is 17.2. The second kappa shape index (κ2) is 9.65. The Morgan fingerprint density at radius 2 is 1.95 bits per heavy atom. The third-order valence-electron chi connectivity index (χ3n) is 3.45. The Kier molecular flexibility index (Phi) is 9.07. The van der Waals surface area contributed by atoms with Crippen LogP contribution in [0.1, 0.15) is 23.4 Å². The molecule has 0 aromatic carbocycles. The molecular weight excluding hydrogens is 395 g/mol. The number of aromatic nitrogens is 2. The molecule has 0 aliphatic rings. The van der Waals surface area contributed by atoms with Gasteiger partial charge < -0.3 is 15.5 Å². The summed E-state index contributed by atoms with van der Waals surface area (Å²) >= 11 is 0. The molecule has 1 aromatic heterocycles. The average molecular weight is 422 g/mol. The lowest BCUT2D eigenvalue weighted by Gasteiger charge is -2.13. The standard InChI is InChI=1S/C14H26N6O.HI/c1-10-12(11(2)20(6)18-10)9-17-14(15-3)16-8-7-13(21)19(4)5;/h7-9H2,1-6H3,(H2,15,16,17);1H. The summed E-state index contributed by atoms with van der Waals surface area (Å²) < 4.78 is 1.87. The third-order valence-corrected chi connectivity index (χ3v) is 3.45. The number of nitrogens with zero attached hydrogens (tertiary/aromatic N) is 4. The fourth-order valence-electron chi connectivity index (χ4n) is 1.98. The molecule has 7 nitrogen and oxygen atoms in total. The Morgan fingerprint density at radius 1 is 1.32 bits per heavy atom. The third kappa shape index (κ3) is 5.82. The lowest BCUT2D eigenvalue weighted by Crippen LogP contribution is -2.39. The van der Waals surface area contributed by atoms with Crippen molar-refractivity contribution in [1.82, 2.24) is 25.3 Å². The highest BCUT2D eigenvalue weighted by Gasteiger charge is 2.10. The number of hydrogen-bond donors (Lipinski definition) is 2. The maximum absolute atomic E-state index is 11.5. The first-order valence-electron chi connectivity index (χ1n) is 7.00. The monoisotopic (exact) mass is 422 g/mol. The van der Waals surface area contributed by atoms with Crippen molar-refractivity contribution >= 4 is 35.8 Å². The fraction of sp³-hybridized carbons (Fsp3) is 0.643. The van der Waals surface area contributed by atoms with Gasteiger partial charge in [0.15, 0.2) is 5.96 Å². The average Bonchev–Trinajstić information content (AvgIpc) is 2.67. The van der Waals surface area contributed by atoms with Gasteiger partial charge in [-0.2, -0.15) is 5.10 Å². The van der Waals surface area contributed by atoms with Gasteiger partial charge in [-0.05, 0) is 13.8 Å². The van der Waals surface area contributed by atoms with Crippen molar-refractivity contribution in [3.05, 3.63) is 17.0 Å². The van der Waals surface area contributed by atoms with Crippen LogP contribution in [0, 0.1) is 13.8 Å². The van der Waals surface area contributed by atoms with E-state index in [4.69, 9.17) is 0 Å². The molecule has 0 bridgehead atoms. The van der Waals surface area contributed by atoms with Gasteiger partial charge in [-0.15, -0.1) is 24.0 Å². The predicted octanol–water partition coefficient (Wildman–Crippen LogP) is 0.798. The van der Waals surface area contributed by atoms with Crippen LogP contribution in [-0.2, 0) is 18.4 Å². The van der Waals surface area contributed by atoms with E-state index in [1.54, 1.807) is 26.0 Å². The Labute approximate surface area is 149 Å². The summed E-state index contributed by atoms with van der Waals surface area (Å²) in [5, 5.41) is 10.8. The van der Waals surface area contributed by atoms with Crippen LogP contribution in [0.3, 0.4) is 0 Å². The molecule has 2 N–H and O–H groups in total. The van der Waals surface area contributed by atoms with Crippen molar-refractivity contribution in [2.24, 2.45) is 12.0 Å². The summed E-state index contributed by atoms with van der Waals surface area (Å²) in [6.45, 7) is 5.26. The summed E-state index contributed by atoms with van der Waals surface area (Å²) in [5.41, 5.74) is 3.32. The van der Waals surface area contributed by atoms with Crippen molar-refractivity contribution in [2.75, 3.05) is 27.7 Å². The number of amides is 1. The Hall–Kier alpha value is -1.32. The molecule has 1 amide bonds. The SMILES string of the molecule is CN=C(NCCC(=O)N(C)C)NCc1c(C)nn(C)c1C.I. The van der Waals surface area contributed by atoms with E-state index in [2.05, 4.69) is 20.7 Å². The van der Waals surface area contributed by atoms with E-state index in [0.29, 0.717) is 25.5 Å². The molecule has 0 fully saturated rings. The van der Waals surface area contributed by atoms with Gasteiger partial charge in [0.2, 0.25) is 5.91 Å². The van der Waals surface area contributed by atoms with Gasteiger partial charge in [-0.25, -0.2) is 0 Å². The van der Waals surface area contributed by atoms with Crippen LogP contribution in [0.4, 0.5) is 0 Å². The summed E-state index contributed by atoms with van der Waals surface area (Å²) in [7, 11) is 7.16. The van der Waals surface area contributed by atoms with Gasteiger partial charge >= 0.3 is 0 Å². The zero-order valence-electron chi connectivity index (χ0n) is 14.2. The van der Waals surface area contributed by atoms with Gasteiger partial charge in [-0.3, -0.25) is 14.5 Å². The molecule has 126 valence electrons. The molecule has 0 spiro atoms. The van der Waals surface area contributed by atoms with Crippen LogP contribution in [0.25, 0.3) is 0 Å². The number of carbonyl (C=O) groups is 1. The predicted molar refractivity (Wildman–Crippen MR) is 99.6 cm³/mol. The Morgan fingerprint density at radius 3 is 2.41 bits per heavy atom. The van der Waals surface area contributed by atoms with Crippen molar-refractivity contribution < 1.29 is 4.79 Å². The molecule has 0 atom stereocenters. The number of guanidine groups is 1. The molecule has 0 saturated heterocycles. The number of rotatable bonds is 5. The molecule has 1 heterocycles. The van der Waals surface area contributed by atoms with Gasteiger partial charge in [0.1, 0.15) is 0 Å². The van der Waals surface area contributed by atoms with Crippen LogP contribution in [-0.4, -0.2) is 54.2 Å². The van der Waals surface area contributed by atoms with Crippen molar-refractivity contribution in [1.29, 1.82) is 0 Å². The quantitative estimate of drug-likeness (QED) is 0.418. The van der Waals surface area contributed by atoms with Gasteiger partial charge in [0, 0.05) is 59.0 Å². The summed E-state index contributed by atoms with van der Waals surface area (Å²) in [5.74, 6) is 0.779. The van der Waals surface area contributed by atoms with Crippen molar-refractivity contribution in [3.63, 3.8) is 0 Å². The maximum Gasteiger partial charge on any atom is 0.223 e. The first kappa shape index (κ1) is 20.7. The zero-order valence-corrected chi connectivity index (χ0v) is 16.6. The van der Waals surface area contributed by atoms with Crippen LogP contribution >= 0.6 is 24.0 Å². The van der Waals surface area contributed by atoms with Crippen molar-refractivity contribution in [3.8, 4) is 0 Å². The molecule has 0 aliphatic carbocycles. The van der Waals surface area contributed by atoms with E-state index in [1.807, 2.05) is 25.6 Å².